The molecule has 1 nitrogen and oxygen atoms in total. The fraction of sp³-hybridized carbons (Fsp3) is 0.143. The van der Waals surface area contributed by atoms with E-state index in [-0.39, 0.29) is 5.30 Å². The molecular formula is C7H5F3OPS2+. The molecule has 0 heterocycles. The van der Waals surface area contributed by atoms with Crippen LogP contribution in [0.5, 0.6) is 5.75 Å². The number of halogens is 3. The van der Waals surface area contributed by atoms with Crippen molar-refractivity contribution < 1.29 is 18.3 Å². The van der Waals surface area contributed by atoms with Crippen molar-refractivity contribution in [2.75, 3.05) is 0 Å². The molecule has 0 aliphatic heterocycles. The molecule has 0 aliphatic carbocycles. The molecular weight excluding hydrogens is 252 g/mol. The molecule has 1 unspecified atom stereocenters. The van der Waals surface area contributed by atoms with Crippen molar-refractivity contribution in [1.82, 2.24) is 0 Å². The number of phenolic OH excluding ortho intramolecular Hbond substituents is 1. The van der Waals surface area contributed by atoms with Crippen LogP contribution in [0, 0.1) is 0 Å². The highest BCUT2D eigenvalue weighted by Crippen LogP contribution is 2.36. The number of hydrogen-bond acceptors (Lipinski definition) is 2. The van der Waals surface area contributed by atoms with Gasteiger partial charge in [0.1, 0.15) is 11.3 Å². The third-order valence-electron chi connectivity index (χ3n) is 1.49. The van der Waals surface area contributed by atoms with E-state index in [1.807, 2.05) is 0 Å². The Hall–Kier alpha value is -0.320. The van der Waals surface area contributed by atoms with Crippen LogP contribution in [-0.2, 0) is 18.0 Å². The highest BCUT2D eigenvalue weighted by molar-refractivity contribution is 8.58. The van der Waals surface area contributed by atoms with Crippen LogP contribution in [0.4, 0.5) is 13.2 Å². The molecule has 1 rings (SSSR count). The summed E-state index contributed by atoms with van der Waals surface area (Å²) in [5, 5.41) is 8.88. The van der Waals surface area contributed by atoms with E-state index >= 15 is 0 Å². The molecule has 0 saturated carbocycles. The molecule has 1 aromatic rings. The van der Waals surface area contributed by atoms with Gasteiger partial charge in [0.05, 0.1) is 12.2 Å². The first-order valence-corrected chi connectivity index (χ1v) is 6.89. The van der Waals surface area contributed by atoms with Gasteiger partial charge in [-0.15, -0.1) is 0 Å². The van der Waals surface area contributed by atoms with Crippen molar-refractivity contribution in [2.24, 2.45) is 0 Å². The largest absolute Gasteiger partial charge is 0.508 e. The highest BCUT2D eigenvalue weighted by Gasteiger charge is 2.38. The van der Waals surface area contributed by atoms with Crippen molar-refractivity contribution in [3.8, 4) is 5.75 Å². The van der Waals surface area contributed by atoms with Crippen LogP contribution in [0.25, 0.3) is 0 Å². The summed E-state index contributed by atoms with van der Waals surface area (Å²) in [5.74, 6) is -1.98. The summed E-state index contributed by atoms with van der Waals surface area (Å²) in [4.78, 5) is 0. The fourth-order valence-electron chi connectivity index (χ4n) is 0.918. The van der Waals surface area contributed by atoms with Gasteiger partial charge in [0.2, 0.25) is 0 Å². The van der Waals surface area contributed by atoms with Crippen molar-refractivity contribution in [3.05, 3.63) is 23.8 Å². The molecule has 1 aromatic carbocycles. The lowest BCUT2D eigenvalue weighted by Gasteiger charge is -2.06. The predicted octanol–water partition coefficient (Wildman–Crippen LogP) is 2.82. The zero-order valence-electron chi connectivity index (χ0n) is 6.62. The molecule has 14 heavy (non-hydrogen) atoms. The molecule has 1 N–H and O–H groups in total. The maximum absolute atomic E-state index is 12.4. The van der Waals surface area contributed by atoms with Gasteiger partial charge in [-0.1, -0.05) is 0 Å². The topological polar surface area (TPSA) is 20.2 Å². The molecule has 0 saturated heterocycles. The zero-order valence-corrected chi connectivity index (χ0v) is 9.22. The standard InChI is InChI=1S/C7H4F3OPS2/c8-7(9,10)5-3-4(11)1-2-6(5)12(13)14/h1-3H,(H-,11,13,14)/p+1. The maximum Gasteiger partial charge on any atom is 0.420 e. The van der Waals surface area contributed by atoms with Crippen LogP contribution < -0.4 is 5.30 Å². The Morgan fingerprint density at radius 3 is 2.36 bits per heavy atom. The Morgan fingerprint density at radius 1 is 1.36 bits per heavy atom. The van der Waals surface area contributed by atoms with Gasteiger partial charge in [-0.3, -0.25) is 0 Å². The summed E-state index contributed by atoms with van der Waals surface area (Å²) in [6.45, 7) is 0. The lowest BCUT2D eigenvalue weighted by atomic mass is 10.2. The van der Waals surface area contributed by atoms with Gasteiger partial charge in [-0.05, 0) is 18.2 Å². The monoisotopic (exact) mass is 257 g/mol. The van der Waals surface area contributed by atoms with Crippen molar-refractivity contribution >= 4 is 35.3 Å². The second-order valence-corrected chi connectivity index (χ2v) is 6.61. The van der Waals surface area contributed by atoms with E-state index in [0.29, 0.717) is 6.07 Å². The van der Waals surface area contributed by atoms with Crippen LogP contribution in [0.3, 0.4) is 0 Å². The Labute approximate surface area is 89.5 Å². The van der Waals surface area contributed by atoms with Gasteiger partial charge < -0.3 is 5.11 Å². The molecule has 0 aliphatic rings. The van der Waals surface area contributed by atoms with Gasteiger partial charge in [0, 0.05) is 0 Å². The van der Waals surface area contributed by atoms with E-state index in [2.05, 4.69) is 12.2 Å². The van der Waals surface area contributed by atoms with Crippen LogP contribution >= 0.6 is 18.1 Å². The summed E-state index contributed by atoms with van der Waals surface area (Å²) < 4.78 is 37.2. The van der Waals surface area contributed by atoms with Gasteiger partial charge in [0.15, 0.2) is 17.1 Å². The van der Waals surface area contributed by atoms with Gasteiger partial charge in [0.25, 0.3) is 5.90 Å². The summed E-state index contributed by atoms with van der Waals surface area (Å²) in [7, 11) is 0. The first-order chi connectivity index (χ1) is 6.32. The van der Waals surface area contributed by atoms with Crippen molar-refractivity contribution in [2.45, 2.75) is 6.18 Å². The maximum atomic E-state index is 12.4. The van der Waals surface area contributed by atoms with E-state index in [4.69, 9.17) is 16.9 Å². The fourth-order valence-corrected chi connectivity index (χ4v) is 2.52. The first-order valence-electron chi connectivity index (χ1n) is 3.38. The number of thiol groups is 1. The second kappa shape index (κ2) is 4.04. The Kier molecular flexibility index (Phi) is 3.40. The number of hydrogen-bond donors (Lipinski definition) is 2. The Balaban J connectivity index is 3.38. The Morgan fingerprint density at radius 2 is 1.93 bits per heavy atom. The molecule has 76 valence electrons. The molecule has 0 radical (unpaired) electrons. The number of benzene rings is 1. The third kappa shape index (κ3) is 2.59. The number of rotatable bonds is 1. The minimum Gasteiger partial charge on any atom is -0.508 e. The van der Waals surface area contributed by atoms with E-state index in [1.165, 1.54) is 6.07 Å². The molecule has 0 fully saturated rings. The van der Waals surface area contributed by atoms with E-state index in [9.17, 15) is 13.2 Å². The molecule has 0 aromatic heterocycles. The van der Waals surface area contributed by atoms with Crippen molar-refractivity contribution in [3.63, 3.8) is 0 Å². The third-order valence-corrected chi connectivity index (χ3v) is 3.53. The summed E-state index contributed by atoms with van der Waals surface area (Å²) >= 11 is 8.51. The van der Waals surface area contributed by atoms with Crippen LogP contribution in [0.15, 0.2) is 18.2 Å². The quantitative estimate of drug-likeness (QED) is 0.596. The van der Waals surface area contributed by atoms with Gasteiger partial charge in [-0.2, -0.15) is 13.2 Å². The molecule has 0 amide bonds. The number of phenols is 1. The van der Waals surface area contributed by atoms with Crippen LogP contribution in [-0.4, -0.2) is 5.11 Å². The average Bonchev–Trinajstić information content (AvgIpc) is 2.01. The minimum atomic E-state index is -4.50. The minimum absolute atomic E-state index is 0.0522. The van der Waals surface area contributed by atoms with Crippen LogP contribution in [0.2, 0.25) is 0 Å². The van der Waals surface area contributed by atoms with Gasteiger partial charge >= 0.3 is 6.18 Å². The molecule has 1 atom stereocenters. The SMILES string of the molecule is Oc1ccc([P+](=S)S)c(C(F)(F)F)c1. The second-order valence-electron chi connectivity index (χ2n) is 2.47. The van der Waals surface area contributed by atoms with E-state index in [0.717, 1.165) is 6.07 Å². The molecule has 7 heteroatoms. The predicted molar refractivity (Wildman–Crippen MR) is 56.0 cm³/mol. The molecule has 0 bridgehead atoms. The number of alkyl halides is 3. The first kappa shape index (κ1) is 11.8. The highest BCUT2D eigenvalue weighted by atomic mass is 32.9. The van der Waals surface area contributed by atoms with Gasteiger partial charge in [-0.25, -0.2) is 0 Å². The van der Waals surface area contributed by atoms with Crippen molar-refractivity contribution in [1.29, 1.82) is 0 Å². The summed E-state index contributed by atoms with van der Waals surface area (Å²) in [6, 6.07) is 2.99. The molecule has 0 spiro atoms. The lowest BCUT2D eigenvalue weighted by molar-refractivity contribution is -0.136. The van der Waals surface area contributed by atoms with Crippen LogP contribution in [0.1, 0.15) is 5.56 Å². The zero-order chi connectivity index (χ0) is 10.9. The average molecular weight is 257 g/mol. The number of aromatic hydroxyl groups is 1. The lowest BCUT2D eigenvalue weighted by Crippen LogP contribution is -2.15. The van der Waals surface area contributed by atoms with E-state index < -0.39 is 23.4 Å². The smallest absolute Gasteiger partial charge is 0.420 e. The summed E-state index contributed by atoms with van der Waals surface area (Å²) in [6.07, 6.45) is -4.50. The Bertz CT molecular complexity index is 378. The summed E-state index contributed by atoms with van der Waals surface area (Å²) in [5.41, 5.74) is -0.909. The normalized spacial score (nSPS) is 12.7. The van der Waals surface area contributed by atoms with E-state index in [1.54, 1.807) is 0 Å².